The van der Waals surface area contributed by atoms with Gasteiger partial charge in [-0.3, -0.25) is 9.78 Å². The highest BCUT2D eigenvalue weighted by Crippen LogP contribution is 2.10. The van der Waals surface area contributed by atoms with Crippen molar-refractivity contribution in [1.29, 1.82) is 0 Å². The van der Waals surface area contributed by atoms with Crippen molar-refractivity contribution < 1.29 is 4.79 Å². The second kappa shape index (κ2) is 5.46. The molecular weight excluding hydrogens is 190 g/mol. The number of nitrogens with zero attached hydrogens (tertiary/aromatic N) is 1. The summed E-state index contributed by atoms with van der Waals surface area (Å²) >= 11 is 0. The predicted octanol–water partition coefficient (Wildman–Crippen LogP) is 0.854. The number of rotatable bonds is 5. The summed E-state index contributed by atoms with van der Waals surface area (Å²) in [6.07, 6.45) is 3.51. The molecule has 0 saturated heterocycles. The molecule has 0 saturated carbocycles. The van der Waals surface area contributed by atoms with Crippen LogP contribution in [-0.2, 0) is 4.79 Å². The average Bonchev–Trinajstić information content (AvgIpc) is 2.26. The summed E-state index contributed by atoms with van der Waals surface area (Å²) in [5, 5.41) is 3.25. The molecule has 3 N–H and O–H groups in total. The maximum Gasteiger partial charge on any atom is 0.221 e. The topological polar surface area (TPSA) is 68.0 Å². The molecular formula is C11H17N3O. The number of nitrogens with two attached hydrogens (primary N) is 1. The van der Waals surface area contributed by atoms with Gasteiger partial charge in [0.25, 0.3) is 0 Å². The van der Waals surface area contributed by atoms with E-state index in [1.54, 1.807) is 12.4 Å². The molecule has 1 unspecified atom stereocenters. The highest BCUT2D eigenvalue weighted by Gasteiger charge is 2.10. The molecule has 0 spiro atoms. The second-order valence-corrected chi connectivity index (χ2v) is 3.71. The lowest BCUT2D eigenvalue weighted by molar-refractivity contribution is -0.121. The first-order chi connectivity index (χ1) is 7.11. The molecule has 0 bridgehead atoms. The van der Waals surface area contributed by atoms with Crippen molar-refractivity contribution in [2.75, 3.05) is 6.54 Å². The fraction of sp³-hybridized carbons (Fsp3) is 0.455. The summed E-state index contributed by atoms with van der Waals surface area (Å²) < 4.78 is 0. The van der Waals surface area contributed by atoms with Gasteiger partial charge in [0, 0.05) is 30.9 Å². The molecule has 0 aliphatic rings. The Balaban J connectivity index is 2.43. The number of amides is 1. The van der Waals surface area contributed by atoms with E-state index in [9.17, 15) is 4.79 Å². The van der Waals surface area contributed by atoms with E-state index in [2.05, 4.69) is 10.3 Å². The zero-order valence-corrected chi connectivity index (χ0v) is 9.10. The Bertz CT molecular complexity index is 313. The van der Waals surface area contributed by atoms with Crippen molar-refractivity contribution in [3.63, 3.8) is 0 Å². The van der Waals surface area contributed by atoms with Gasteiger partial charge in [0.15, 0.2) is 0 Å². The normalized spacial score (nSPS) is 14.5. The number of hydrogen-bond donors (Lipinski definition) is 2. The number of pyridine rings is 1. The molecule has 1 rings (SSSR count). The first-order valence-corrected chi connectivity index (χ1v) is 5.04. The van der Waals surface area contributed by atoms with Crippen LogP contribution in [0.2, 0.25) is 0 Å². The van der Waals surface area contributed by atoms with Gasteiger partial charge in [0.05, 0.1) is 0 Å². The minimum absolute atomic E-state index is 0.144. The Hall–Kier alpha value is -1.42. The lowest BCUT2D eigenvalue weighted by Gasteiger charge is -2.16. The first-order valence-electron chi connectivity index (χ1n) is 5.04. The van der Waals surface area contributed by atoms with Crippen molar-refractivity contribution in [3.05, 3.63) is 30.1 Å². The summed E-state index contributed by atoms with van der Waals surface area (Å²) in [6, 6.07) is 4.11. The molecule has 1 heterocycles. The van der Waals surface area contributed by atoms with E-state index in [1.165, 1.54) is 0 Å². The SMILES string of the molecule is CC(CN[C@@H](C)c1ccncc1)C(N)=O. The van der Waals surface area contributed by atoms with Crippen molar-refractivity contribution in [2.45, 2.75) is 19.9 Å². The van der Waals surface area contributed by atoms with Gasteiger partial charge >= 0.3 is 0 Å². The Kier molecular flexibility index (Phi) is 4.24. The Morgan fingerprint density at radius 1 is 1.47 bits per heavy atom. The smallest absolute Gasteiger partial charge is 0.221 e. The van der Waals surface area contributed by atoms with Crippen molar-refractivity contribution in [3.8, 4) is 0 Å². The molecule has 4 heteroatoms. The van der Waals surface area contributed by atoms with Crippen LogP contribution in [-0.4, -0.2) is 17.4 Å². The quantitative estimate of drug-likeness (QED) is 0.752. The average molecular weight is 207 g/mol. The lowest BCUT2D eigenvalue weighted by atomic mass is 10.1. The number of aromatic nitrogens is 1. The molecule has 1 aromatic rings. The molecule has 0 aliphatic heterocycles. The molecule has 4 nitrogen and oxygen atoms in total. The van der Waals surface area contributed by atoms with Crippen LogP contribution in [0.25, 0.3) is 0 Å². The van der Waals surface area contributed by atoms with Crippen LogP contribution in [0.4, 0.5) is 0 Å². The number of carbonyl (C=O) groups is 1. The van der Waals surface area contributed by atoms with Crippen LogP contribution in [0.1, 0.15) is 25.5 Å². The summed E-state index contributed by atoms with van der Waals surface area (Å²) in [7, 11) is 0. The molecule has 0 fully saturated rings. The van der Waals surface area contributed by atoms with Crippen molar-refractivity contribution in [1.82, 2.24) is 10.3 Å². The van der Waals surface area contributed by atoms with Gasteiger partial charge < -0.3 is 11.1 Å². The Morgan fingerprint density at radius 2 is 2.07 bits per heavy atom. The number of nitrogens with one attached hydrogen (secondary N) is 1. The zero-order valence-electron chi connectivity index (χ0n) is 9.10. The van der Waals surface area contributed by atoms with Crippen molar-refractivity contribution >= 4 is 5.91 Å². The summed E-state index contributed by atoms with van der Waals surface area (Å²) in [5.41, 5.74) is 6.33. The van der Waals surface area contributed by atoms with Gasteiger partial charge in [-0.2, -0.15) is 0 Å². The van der Waals surface area contributed by atoms with E-state index in [0.717, 1.165) is 5.56 Å². The summed E-state index contributed by atoms with van der Waals surface area (Å²) in [4.78, 5) is 14.8. The number of carbonyl (C=O) groups excluding carboxylic acids is 1. The zero-order chi connectivity index (χ0) is 11.3. The van der Waals surface area contributed by atoms with E-state index in [1.807, 2.05) is 26.0 Å². The van der Waals surface area contributed by atoms with E-state index in [-0.39, 0.29) is 17.9 Å². The van der Waals surface area contributed by atoms with E-state index in [0.29, 0.717) is 6.54 Å². The molecule has 1 aromatic heterocycles. The molecule has 0 aromatic carbocycles. The third-order valence-corrected chi connectivity index (χ3v) is 2.42. The second-order valence-electron chi connectivity index (χ2n) is 3.71. The van der Waals surface area contributed by atoms with Crippen molar-refractivity contribution in [2.24, 2.45) is 11.7 Å². The van der Waals surface area contributed by atoms with Crippen LogP contribution < -0.4 is 11.1 Å². The maximum absolute atomic E-state index is 10.8. The monoisotopic (exact) mass is 207 g/mol. The van der Waals surface area contributed by atoms with Gasteiger partial charge in [-0.05, 0) is 24.6 Å². The van der Waals surface area contributed by atoms with E-state index < -0.39 is 0 Å². The molecule has 82 valence electrons. The molecule has 0 radical (unpaired) electrons. The van der Waals surface area contributed by atoms with Gasteiger partial charge in [-0.25, -0.2) is 0 Å². The van der Waals surface area contributed by atoms with E-state index >= 15 is 0 Å². The van der Waals surface area contributed by atoms with Crippen LogP contribution in [0, 0.1) is 5.92 Å². The van der Waals surface area contributed by atoms with Gasteiger partial charge in [-0.15, -0.1) is 0 Å². The van der Waals surface area contributed by atoms with Gasteiger partial charge in [0.1, 0.15) is 0 Å². The molecule has 0 aliphatic carbocycles. The fourth-order valence-corrected chi connectivity index (χ4v) is 1.22. The fourth-order valence-electron chi connectivity index (χ4n) is 1.22. The maximum atomic E-state index is 10.8. The number of primary amides is 1. The largest absolute Gasteiger partial charge is 0.369 e. The number of hydrogen-bond acceptors (Lipinski definition) is 3. The third kappa shape index (κ3) is 3.67. The lowest BCUT2D eigenvalue weighted by Crippen LogP contribution is -2.32. The Labute approximate surface area is 89.9 Å². The molecule has 1 amide bonds. The van der Waals surface area contributed by atoms with Crippen LogP contribution in [0.5, 0.6) is 0 Å². The minimum atomic E-state index is -0.274. The molecule has 2 atom stereocenters. The minimum Gasteiger partial charge on any atom is -0.369 e. The van der Waals surface area contributed by atoms with Crippen LogP contribution >= 0.6 is 0 Å². The predicted molar refractivity (Wildman–Crippen MR) is 59.0 cm³/mol. The third-order valence-electron chi connectivity index (χ3n) is 2.42. The van der Waals surface area contributed by atoms with Crippen LogP contribution in [0.3, 0.4) is 0 Å². The summed E-state index contributed by atoms with van der Waals surface area (Å²) in [6.45, 7) is 4.45. The van der Waals surface area contributed by atoms with E-state index in [4.69, 9.17) is 5.73 Å². The highest BCUT2D eigenvalue weighted by atomic mass is 16.1. The van der Waals surface area contributed by atoms with Crippen LogP contribution in [0.15, 0.2) is 24.5 Å². The Morgan fingerprint density at radius 3 is 2.60 bits per heavy atom. The summed E-state index contributed by atoms with van der Waals surface area (Å²) in [5.74, 6) is -0.418. The first kappa shape index (κ1) is 11.7. The highest BCUT2D eigenvalue weighted by molar-refractivity contribution is 5.76. The standard InChI is InChI=1S/C11H17N3O/c1-8(11(12)15)7-14-9(2)10-3-5-13-6-4-10/h3-6,8-9,14H,7H2,1-2H3,(H2,12,15)/t8?,9-/m0/s1. The van der Waals surface area contributed by atoms with Gasteiger partial charge in [-0.1, -0.05) is 6.92 Å². The molecule has 15 heavy (non-hydrogen) atoms. The van der Waals surface area contributed by atoms with Gasteiger partial charge in [0.2, 0.25) is 5.91 Å².